The molecule has 3 aromatic rings. The van der Waals surface area contributed by atoms with Crippen molar-refractivity contribution in [2.45, 2.75) is 20.1 Å². The molecule has 7 heteroatoms. The zero-order chi connectivity index (χ0) is 17.6. The van der Waals surface area contributed by atoms with Crippen molar-refractivity contribution >= 4 is 0 Å². The molecule has 2 aromatic heterocycles. The average molecular weight is 336 g/mol. The van der Waals surface area contributed by atoms with E-state index >= 15 is 0 Å². The largest absolute Gasteiger partial charge is 0.467 e. The molecule has 25 heavy (non-hydrogen) atoms. The van der Waals surface area contributed by atoms with Gasteiger partial charge in [0.1, 0.15) is 11.6 Å². The molecule has 0 spiro atoms. The van der Waals surface area contributed by atoms with Gasteiger partial charge in [0.15, 0.2) is 6.61 Å². The van der Waals surface area contributed by atoms with Crippen LogP contribution in [0, 0.1) is 18.3 Å². The first-order chi connectivity index (χ1) is 12.2. The number of aryl methyl sites for hydroxylation is 1. The lowest BCUT2D eigenvalue weighted by atomic mass is 10.1. The fourth-order valence-electron chi connectivity index (χ4n) is 2.35. The molecule has 0 bridgehead atoms. The molecular weight excluding hydrogens is 320 g/mol. The van der Waals surface area contributed by atoms with Crippen LogP contribution in [0.25, 0.3) is 11.4 Å². The molecule has 0 atom stereocenters. The predicted molar refractivity (Wildman–Crippen MR) is 88.5 cm³/mol. The molecule has 0 aliphatic rings. The summed E-state index contributed by atoms with van der Waals surface area (Å²) in [5.41, 5.74) is 2.65. The lowest BCUT2D eigenvalue weighted by molar-refractivity contribution is 0.183. The summed E-state index contributed by atoms with van der Waals surface area (Å²) in [5, 5.41) is 13.3. The second kappa shape index (κ2) is 7.55. The topological polar surface area (TPSA) is 94.1 Å². The molecular formula is C18H16N4O3. The summed E-state index contributed by atoms with van der Waals surface area (Å²) in [6, 6.07) is 13.4. The average Bonchev–Trinajstić information content (AvgIpc) is 3.10. The van der Waals surface area contributed by atoms with Gasteiger partial charge in [0.25, 0.3) is 5.89 Å². The minimum absolute atomic E-state index is 0.0252. The zero-order valence-electron chi connectivity index (χ0n) is 13.9. The van der Waals surface area contributed by atoms with Gasteiger partial charge in [-0.3, -0.25) is 0 Å². The van der Waals surface area contributed by atoms with Crippen molar-refractivity contribution in [3.05, 3.63) is 59.1 Å². The van der Waals surface area contributed by atoms with E-state index in [1.165, 1.54) is 0 Å². The molecule has 3 rings (SSSR count). The highest BCUT2D eigenvalue weighted by Gasteiger charge is 2.15. The van der Waals surface area contributed by atoms with Crippen molar-refractivity contribution in [3.63, 3.8) is 0 Å². The van der Waals surface area contributed by atoms with Gasteiger partial charge in [0.05, 0.1) is 6.61 Å². The molecule has 0 aliphatic carbocycles. The van der Waals surface area contributed by atoms with E-state index < -0.39 is 0 Å². The molecule has 0 aliphatic heterocycles. The Balaban J connectivity index is 1.78. The number of hydrogen-bond acceptors (Lipinski definition) is 7. The Labute approximate surface area is 144 Å². The monoisotopic (exact) mass is 336 g/mol. The minimum Gasteiger partial charge on any atom is -0.467 e. The summed E-state index contributed by atoms with van der Waals surface area (Å²) in [4.78, 5) is 8.57. The van der Waals surface area contributed by atoms with Crippen molar-refractivity contribution in [1.29, 1.82) is 5.26 Å². The molecule has 0 amide bonds. The SMILES string of the molecule is COCc1cc(C)nc(OCc2nc(-c3ccccc3)no2)c1C#N. The lowest BCUT2D eigenvalue weighted by Crippen LogP contribution is -2.04. The first-order valence-electron chi connectivity index (χ1n) is 7.61. The van der Waals surface area contributed by atoms with Gasteiger partial charge in [-0.2, -0.15) is 10.2 Å². The van der Waals surface area contributed by atoms with Gasteiger partial charge in [-0.15, -0.1) is 0 Å². The van der Waals surface area contributed by atoms with Crippen molar-refractivity contribution in [3.8, 4) is 23.3 Å². The third-order valence-corrected chi connectivity index (χ3v) is 3.44. The summed E-state index contributed by atoms with van der Waals surface area (Å²) in [5.74, 6) is 1.02. The van der Waals surface area contributed by atoms with Crippen LogP contribution in [0.15, 0.2) is 40.9 Å². The fourth-order valence-corrected chi connectivity index (χ4v) is 2.35. The summed E-state index contributed by atoms with van der Waals surface area (Å²) >= 11 is 0. The quantitative estimate of drug-likeness (QED) is 0.683. The summed E-state index contributed by atoms with van der Waals surface area (Å²) in [6.45, 7) is 2.16. The van der Waals surface area contributed by atoms with E-state index in [0.29, 0.717) is 23.9 Å². The second-order valence-electron chi connectivity index (χ2n) is 5.31. The third-order valence-electron chi connectivity index (χ3n) is 3.44. The van der Waals surface area contributed by atoms with E-state index in [0.717, 1.165) is 16.8 Å². The molecule has 1 aromatic carbocycles. The number of benzene rings is 1. The molecule has 0 N–H and O–H groups in total. The van der Waals surface area contributed by atoms with Crippen LogP contribution >= 0.6 is 0 Å². The third kappa shape index (κ3) is 3.82. The van der Waals surface area contributed by atoms with Gasteiger partial charge in [-0.25, -0.2) is 4.98 Å². The van der Waals surface area contributed by atoms with E-state index in [9.17, 15) is 5.26 Å². The number of pyridine rings is 1. The van der Waals surface area contributed by atoms with E-state index in [1.54, 1.807) is 13.2 Å². The van der Waals surface area contributed by atoms with Crippen LogP contribution in [0.4, 0.5) is 0 Å². The van der Waals surface area contributed by atoms with Crippen LogP contribution in [-0.2, 0) is 18.0 Å². The van der Waals surface area contributed by atoms with Crippen LogP contribution in [0.3, 0.4) is 0 Å². The number of aromatic nitrogens is 3. The molecule has 7 nitrogen and oxygen atoms in total. The van der Waals surface area contributed by atoms with E-state index in [2.05, 4.69) is 21.2 Å². The van der Waals surface area contributed by atoms with Crippen LogP contribution in [0.1, 0.15) is 22.7 Å². The molecule has 126 valence electrons. The number of hydrogen-bond donors (Lipinski definition) is 0. The van der Waals surface area contributed by atoms with E-state index in [-0.39, 0.29) is 12.5 Å². The van der Waals surface area contributed by atoms with Crippen LogP contribution < -0.4 is 4.74 Å². The number of rotatable bonds is 6. The van der Waals surface area contributed by atoms with Crippen LogP contribution in [-0.4, -0.2) is 22.2 Å². The Morgan fingerprint density at radius 3 is 2.68 bits per heavy atom. The van der Waals surface area contributed by atoms with Crippen LogP contribution in [0.2, 0.25) is 0 Å². The fraction of sp³-hybridized carbons (Fsp3) is 0.222. The Morgan fingerprint density at radius 2 is 1.96 bits per heavy atom. The van der Waals surface area contributed by atoms with E-state index in [4.69, 9.17) is 14.0 Å². The number of nitrogens with zero attached hydrogens (tertiary/aromatic N) is 4. The molecule has 0 radical (unpaired) electrons. The van der Waals surface area contributed by atoms with Gasteiger partial charge >= 0.3 is 0 Å². The van der Waals surface area contributed by atoms with Gasteiger partial charge < -0.3 is 14.0 Å². The van der Waals surface area contributed by atoms with Crippen molar-refractivity contribution < 1.29 is 14.0 Å². The highest BCUT2D eigenvalue weighted by molar-refractivity contribution is 5.53. The second-order valence-corrected chi connectivity index (χ2v) is 5.31. The predicted octanol–water partition coefficient (Wildman–Crippen LogP) is 3.04. The zero-order valence-corrected chi connectivity index (χ0v) is 13.9. The summed E-state index contributed by atoms with van der Waals surface area (Å²) in [7, 11) is 1.57. The summed E-state index contributed by atoms with van der Waals surface area (Å²) in [6.07, 6.45) is 0. The Bertz CT molecular complexity index is 900. The van der Waals surface area contributed by atoms with Gasteiger partial charge in [-0.1, -0.05) is 35.5 Å². The smallest absolute Gasteiger partial charge is 0.264 e. The first kappa shape index (κ1) is 16.6. The lowest BCUT2D eigenvalue weighted by Gasteiger charge is -2.09. The molecule has 0 unspecified atom stereocenters. The van der Waals surface area contributed by atoms with Gasteiger partial charge in [0, 0.05) is 23.9 Å². The standard InChI is InChI=1S/C18H16N4O3/c1-12-8-14(10-23-2)15(9-19)18(20-12)24-11-16-21-17(22-25-16)13-6-4-3-5-7-13/h3-8H,10-11H2,1-2H3. The maximum Gasteiger partial charge on any atom is 0.264 e. The van der Waals surface area contributed by atoms with Crippen molar-refractivity contribution in [2.24, 2.45) is 0 Å². The Morgan fingerprint density at radius 1 is 1.16 bits per heavy atom. The number of methoxy groups -OCH3 is 1. The summed E-state index contributed by atoms with van der Waals surface area (Å²) < 4.78 is 16.0. The minimum atomic E-state index is 0.0252. The van der Waals surface area contributed by atoms with Gasteiger partial charge in [0.2, 0.25) is 11.7 Å². The highest BCUT2D eigenvalue weighted by Crippen LogP contribution is 2.22. The van der Waals surface area contributed by atoms with Crippen molar-refractivity contribution in [2.75, 3.05) is 7.11 Å². The number of nitriles is 1. The first-order valence-corrected chi connectivity index (χ1v) is 7.61. The van der Waals surface area contributed by atoms with Crippen LogP contribution in [0.5, 0.6) is 5.88 Å². The van der Waals surface area contributed by atoms with Gasteiger partial charge in [-0.05, 0) is 13.0 Å². The Hall–Kier alpha value is -3.24. The maximum atomic E-state index is 9.39. The molecule has 0 saturated carbocycles. The number of ether oxygens (including phenoxy) is 2. The highest BCUT2D eigenvalue weighted by atomic mass is 16.5. The molecule has 0 fully saturated rings. The molecule has 0 saturated heterocycles. The maximum absolute atomic E-state index is 9.39. The van der Waals surface area contributed by atoms with E-state index in [1.807, 2.05) is 37.3 Å². The van der Waals surface area contributed by atoms with Crippen molar-refractivity contribution in [1.82, 2.24) is 15.1 Å². The molecule has 2 heterocycles. The normalized spacial score (nSPS) is 10.4. The Kier molecular flexibility index (Phi) is 5.02.